The normalized spacial score (nSPS) is 13.2. The van der Waals surface area contributed by atoms with Crippen molar-refractivity contribution in [1.29, 1.82) is 0 Å². The number of anilines is 2. The summed E-state index contributed by atoms with van der Waals surface area (Å²) in [6.07, 6.45) is 0. The number of fused-ring (bicyclic) bond motifs is 3. The van der Waals surface area contributed by atoms with Gasteiger partial charge in [0.25, 0.3) is 5.69 Å². The van der Waals surface area contributed by atoms with Crippen molar-refractivity contribution < 1.29 is 4.92 Å². The topological polar surface area (TPSA) is 55.2 Å². The molecule has 55 heavy (non-hydrogen) atoms. The molecule has 8 rings (SSSR count). The van der Waals surface area contributed by atoms with Gasteiger partial charge in [0.1, 0.15) is 5.69 Å². The predicted octanol–water partition coefficient (Wildman–Crippen LogP) is 13.6. The molecule has 1 aliphatic carbocycles. The molecule has 0 fully saturated rings. The lowest BCUT2D eigenvalue weighted by Gasteiger charge is -2.33. The number of nitro groups is 1. The second kappa shape index (κ2) is 13.5. The Morgan fingerprint density at radius 2 is 1.00 bits per heavy atom. The highest BCUT2D eigenvalue weighted by Crippen LogP contribution is 2.57. The quantitative estimate of drug-likeness (QED) is 0.132. The zero-order valence-corrected chi connectivity index (χ0v) is 32.4. The SMILES string of the molecule is CC(C)(C)c1cc(-c2cccc(-c3ccc4c(c3)-c3ccccc3C4(c3ccccc3)c3ccccc3)c2Nc2ccccc2[N+](=O)[O-])cc(C(C)(C)C)c1. The van der Waals surface area contributed by atoms with Crippen LogP contribution >= 0.6 is 0 Å². The fourth-order valence-electron chi connectivity index (χ4n) is 8.31. The summed E-state index contributed by atoms with van der Waals surface area (Å²) in [5, 5.41) is 16.0. The summed E-state index contributed by atoms with van der Waals surface area (Å²) in [6.45, 7) is 13.5. The Morgan fingerprint density at radius 1 is 0.491 bits per heavy atom. The van der Waals surface area contributed by atoms with Crippen LogP contribution in [0.5, 0.6) is 0 Å². The van der Waals surface area contributed by atoms with Gasteiger partial charge in [-0.2, -0.15) is 0 Å². The molecule has 4 nitrogen and oxygen atoms in total. The maximum absolute atomic E-state index is 12.3. The lowest BCUT2D eigenvalue weighted by Crippen LogP contribution is -2.28. The molecule has 1 N–H and O–H groups in total. The van der Waals surface area contributed by atoms with Crippen LogP contribution in [-0.4, -0.2) is 4.92 Å². The van der Waals surface area contributed by atoms with Crippen LogP contribution in [0.2, 0.25) is 0 Å². The first kappa shape index (κ1) is 35.8. The standard InChI is InChI=1S/C51H46N2O2/c1-49(2,3)38-30-35(31-39(33-38)50(4,5)6)41-24-17-23-40(48(41)52-46-26-15-16-27-47(46)53(54)55)34-28-29-45-43(32-34)42-22-13-14-25-44(42)51(45,36-18-9-7-10-19-36)37-20-11-8-12-21-37/h7-33,52H,1-6H3. The summed E-state index contributed by atoms with van der Waals surface area (Å²) in [5.41, 5.74) is 14.4. The highest BCUT2D eigenvalue weighted by atomic mass is 16.6. The van der Waals surface area contributed by atoms with E-state index in [4.69, 9.17) is 0 Å². The Balaban J connectivity index is 1.40. The number of nitrogens with zero attached hydrogens (tertiary/aromatic N) is 1. The molecular formula is C51H46N2O2. The molecule has 1 aliphatic rings. The van der Waals surface area contributed by atoms with Crippen LogP contribution in [0.1, 0.15) is 74.9 Å². The molecule has 0 spiro atoms. The van der Waals surface area contributed by atoms with Crippen LogP contribution < -0.4 is 5.32 Å². The van der Waals surface area contributed by atoms with E-state index < -0.39 is 5.41 Å². The van der Waals surface area contributed by atoms with E-state index in [1.165, 1.54) is 44.5 Å². The van der Waals surface area contributed by atoms with Gasteiger partial charge < -0.3 is 5.32 Å². The molecule has 0 radical (unpaired) electrons. The Hall–Kier alpha value is -6.26. The minimum Gasteiger partial charge on any atom is -0.349 e. The van der Waals surface area contributed by atoms with Gasteiger partial charge in [-0.05, 0) is 78.6 Å². The molecule has 0 aliphatic heterocycles. The van der Waals surface area contributed by atoms with E-state index in [0.717, 1.165) is 27.9 Å². The number of nitro benzene ring substituents is 1. The number of benzene rings is 7. The van der Waals surface area contributed by atoms with Gasteiger partial charge in [0.15, 0.2) is 0 Å². The predicted molar refractivity (Wildman–Crippen MR) is 228 cm³/mol. The Morgan fingerprint density at radius 3 is 1.60 bits per heavy atom. The molecule has 7 aromatic carbocycles. The van der Waals surface area contributed by atoms with E-state index >= 15 is 0 Å². The number of para-hydroxylation sites is 3. The Bertz CT molecular complexity index is 2490. The lowest BCUT2D eigenvalue weighted by molar-refractivity contribution is -0.383. The van der Waals surface area contributed by atoms with E-state index in [1.54, 1.807) is 18.2 Å². The second-order valence-electron chi connectivity index (χ2n) is 16.7. The summed E-state index contributed by atoms with van der Waals surface area (Å²) < 4.78 is 0. The third kappa shape index (κ3) is 6.22. The van der Waals surface area contributed by atoms with Gasteiger partial charge in [-0.1, -0.05) is 187 Å². The molecule has 0 saturated heterocycles. The minimum absolute atomic E-state index is 0.0282. The molecular weight excluding hydrogens is 673 g/mol. The van der Waals surface area contributed by atoms with Crippen molar-refractivity contribution in [2.45, 2.75) is 57.8 Å². The first-order valence-electron chi connectivity index (χ1n) is 19.0. The van der Waals surface area contributed by atoms with Gasteiger partial charge in [-0.3, -0.25) is 10.1 Å². The van der Waals surface area contributed by atoms with Crippen molar-refractivity contribution in [2.24, 2.45) is 0 Å². The second-order valence-corrected chi connectivity index (χ2v) is 16.7. The fraction of sp³-hybridized carbons (Fsp3) is 0.176. The van der Waals surface area contributed by atoms with Gasteiger partial charge in [-0.25, -0.2) is 0 Å². The number of rotatable bonds is 7. The van der Waals surface area contributed by atoms with Crippen molar-refractivity contribution in [1.82, 2.24) is 0 Å². The average Bonchev–Trinajstić information content (AvgIpc) is 3.48. The summed E-state index contributed by atoms with van der Waals surface area (Å²) >= 11 is 0. The van der Waals surface area contributed by atoms with Crippen molar-refractivity contribution in [3.63, 3.8) is 0 Å². The fourth-order valence-corrected chi connectivity index (χ4v) is 8.31. The van der Waals surface area contributed by atoms with Crippen LogP contribution in [0.25, 0.3) is 33.4 Å². The highest BCUT2D eigenvalue weighted by Gasteiger charge is 2.46. The third-order valence-corrected chi connectivity index (χ3v) is 11.2. The minimum atomic E-state index is -0.503. The van der Waals surface area contributed by atoms with E-state index in [1.807, 2.05) is 6.07 Å². The number of hydrogen-bond donors (Lipinski definition) is 1. The average molecular weight is 719 g/mol. The molecule has 0 atom stereocenters. The zero-order valence-electron chi connectivity index (χ0n) is 32.4. The Labute approximate surface area is 324 Å². The van der Waals surface area contributed by atoms with Crippen LogP contribution in [0, 0.1) is 10.1 Å². The van der Waals surface area contributed by atoms with Crippen molar-refractivity contribution >= 4 is 17.1 Å². The van der Waals surface area contributed by atoms with Gasteiger partial charge >= 0.3 is 0 Å². The van der Waals surface area contributed by atoms with Gasteiger partial charge in [0, 0.05) is 17.2 Å². The van der Waals surface area contributed by atoms with Crippen LogP contribution in [0.15, 0.2) is 164 Å². The summed E-state index contributed by atoms with van der Waals surface area (Å²) in [7, 11) is 0. The maximum atomic E-state index is 12.3. The summed E-state index contributed by atoms with van der Waals surface area (Å²) in [6, 6.07) is 57.4. The van der Waals surface area contributed by atoms with Gasteiger partial charge in [0.05, 0.1) is 16.0 Å². The largest absolute Gasteiger partial charge is 0.349 e. The zero-order chi connectivity index (χ0) is 38.5. The smallest absolute Gasteiger partial charge is 0.292 e. The molecule has 0 aromatic heterocycles. The highest BCUT2D eigenvalue weighted by molar-refractivity contribution is 5.96. The molecule has 0 heterocycles. The van der Waals surface area contributed by atoms with Crippen LogP contribution in [0.3, 0.4) is 0 Å². The molecule has 0 bridgehead atoms. The lowest BCUT2D eigenvalue weighted by atomic mass is 9.67. The molecule has 0 amide bonds. The van der Waals surface area contributed by atoms with E-state index in [2.05, 4.69) is 186 Å². The Kier molecular flexibility index (Phi) is 8.81. The van der Waals surface area contributed by atoms with Crippen LogP contribution in [-0.2, 0) is 16.2 Å². The van der Waals surface area contributed by atoms with E-state index in [9.17, 15) is 10.1 Å². The molecule has 0 unspecified atom stereocenters. The summed E-state index contributed by atoms with van der Waals surface area (Å²) in [4.78, 5) is 12.0. The summed E-state index contributed by atoms with van der Waals surface area (Å²) in [5.74, 6) is 0. The van der Waals surface area contributed by atoms with Crippen molar-refractivity contribution in [3.05, 3.63) is 207 Å². The van der Waals surface area contributed by atoms with Crippen molar-refractivity contribution in [3.8, 4) is 33.4 Å². The first-order chi connectivity index (χ1) is 26.4. The molecule has 272 valence electrons. The number of nitrogens with one attached hydrogen (secondary N) is 1. The van der Waals surface area contributed by atoms with Crippen LogP contribution in [0.4, 0.5) is 17.1 Å². The third-order valence-electron chi connectivity index (χ3n) is 11.2. The van der Waals surface area contributed by atoms with Gasteiger partial charge in [0.2, 0.25) is 0 Å². The van der Waals surface area contributed by atoms with E-state index in [-0.39, 0.29) is 21.4 Å². The first-order valence-corrected chi connectivity index (χ1v) is 19.0. The van der Waals surface area contributed by atoms with E-state index in [0.29, 0.717) is 5.69 Å². The maximum Gasteiger partial charge on any atom is 0.292 e. The van der Waals surface area contributed by atoms with Gasteiger partial charge in [-0.15, -0.1) is 0 Å². The monoisotopic (exact) mass is 718 g/mol. The molecule has 4 heteroatoms. The van der Waals surface area contributed by atoms with Crippen molar-refractivity contribution in [2.75, 3.05) is 5.32 Å². The number of hydrogen-bond acceptors (Lipinski definition) is 3. The molecule has 0 saturated carbocycles. The molecule has 7 aromatic rings.